The molecule has 1 aromatic carbocycles. The fourth-order valence-electron chi connectivity index (χ4n) is 1.60. The minimum Gasteiger partial charge on any atom is -0.383 e. The molecule has 0 aliphatic rings. The number of benzene rings is 1. The number of halogens is 1. The Hall–Kier alpha value is -1.26. The van der Waals surface area contributed by atoms with E-state index in [-0.39, 0.29) is 5.82 Å². The molecule has 1 N–H and O–H groups in total. The molecule has 0 amide bonds. The minimum absolute atomic E-state index is 0.283. The van der Waals surface area contributed by atoms with Crippen molar-refractivity contribution >= 4 is 11.3 Å². The molecule has 1 atom stereocenters. The van der Waals surface area contributed by atoms with E-state index in [1.54, 1.807) is 19.2 Å². The lowest BCUT2D eigenvalue weighted by molar-refractivity contribution is 0.223. The number of rotatable bonds is 2. The van der Waals surface area contributed by atoms with Crippen molar-refractivity contribution in [2.45, 2.75) is 20.0 Å². The summed E-state index contributed by atoms with van der Waals surface area (Å²) in [5.41, 5.74) is 1.48. The Morgan fingerprint density at radius 3 is 2.69 bits per heavy atom. The third kappa shape index (κ3) is 2.13. The van der Waals surface area contributed by atoms with Gasteiger partial charge in [-0.2, -0.15) is 0 Å². The van der Waals surface area contributed by atoms with Gasteiger partial charge in [0.05, 0.1) is 9.88 Å². The van der Waals surface area contributed by atoms with Crippen LogP contribution >= 0.6 is 11.3 Å². The minimum atomic E-state index is -0.716. The van der Waals surface area contributed by atoms with Crippen LogP contribution in [-0.2, 0) is 0 Å². The first-order valence-electron chi connectivity index (χ1n) is 4.94. The molecule has 16 heavy (non-hydrogen) atoms. The molecule has 2 rings (SSSR count). The molecule has 4 heteroatoms. The van der Waals surface area contributed by atoms with Crippen molar-refractivity contribution in [3.8, 4) is 0 Å². The van der Waals surface area contributed by atoms with Crippen LogP contribution in [0.25, 0.3) is 0 Å². The number of aromatic nitrogens is 1. The van der Waals surface area contributed by atoms with Crippen LogP contribution in [0, 0.1) is 19.7 Å². The molecule has 0 spiro atoms. The topological polar surface area (TPSA) is 33.1 Å². The highest BCUT2D eigenvalue weighted by atomic mass is 32.1. The predicted octanol–water partition coefficient (Wildman–Crippen LogP) is 2.98. The van der Waals surface area contributed by atoms with E-state index in [1.165, 1.54) is 23.5 Å². The smallest absolute Gasteiger partial charge is 0.123 e. The monoisotopic (exact) mass is 237 g/mol. The van der Waals surface area contributed by atoms with Crippen molar-refractivity contribution in [3.63, 3.8) is 0 Å². The van der Waals surface area contributed by atoms with Crippen molar-refractivity contribution in [1.82, 2.24) is 4.98 Å². The molecule has 0 aliphatic carbocycles. The van der Waals surface area contributed by atoms with Crippen molar-refractivity contribution in [2.24, 2.45) is 0 Å². The summed E-state index contributed by atoms with van der Waals surface area (Å²) >= 11 is 1.45. The molecular formula is C12H12FNOS. The average molecular weight is 237 g/mol. The van der Waals surface area contributed by atoms with Crippen LogP contribution in [0.3, 0.4) is 0 Å². The molecule has 0 saturated carbocycles. The highest BCUT2D eigenvalue weighted by Crippen LogP contribution is 2.28. The molecule has 2 nitrogen and oxygen atoms in total. The summed E-state index contributed by atoms with van der Waals surface area (Å²) in [5.74, 6) is -0.283. The van der Waals surface area contributed by atoms with Crippen LogP contribution in [0.15, 0.2) is 24.4 Å². The second kappa shape index (κ2) is 4.31. The summed E-state index contributed by atoms with van der Waals surface area (Å²) < 4.78 is 12.9. The number of nitrogens with zero attached hydrogens (tertiary/aromatic N) is 1. The van der Waals surface area contributed by atoms with E-state index in [0.717, 1.165) is 21.0 Å². The lowest BCUT2D eigenvalue weighted by Crippen LogP contribution is -2.00. The first-order chi connectivity index (χ1) is 7.58. The Balaban J connectivity index is 2.37. The first-order valence-corrected chi connectivity index (χ1v) is 5.76. The summed E-state index contributed by atoms with van der Waals surface area (Å²) in [5, 5.41) is 11.0. The van der Waals surface area contributed by atoms with Crippen LogP contribution in [0.1, 0.15) is 27.1 Å². The second-order valence-corrected chi connectivity index (χ2v) is 4.95. The van der Waals surface area contributed by atoms with E-state index in [9.17, 15) is 9.50 Å². The standard InChI is InChI=1S/C12H12FNOS/c1-7-5-9(13)3-4-10(7)12(15)11-6-14-8(2)16-11/h3-6,12,15H,1-2H3. The first kappa shape index (κ1) is 11.2. The maximum Gasteiger partial charge on any atom is 0.123 e. The van der Waals surface area contributed by atoms with E-state index >= 15 is 0 Å². The third-order valence-corrected chi connectivity index (χ3v) is 3.40. The fourth-order valence-corrected chi connectivity index (χ4v) is 2.39. The maximum atomic E-state index is 12.9. The van der Waals surface area contributed by atoms with E-state index in [0.29, 0.717) is 0 Å². The molecule has 2 aromatic rings. The van der Waals surface area contributed by atoms with Gasteiger partial charge in [-0.25, -0.2) is 9.37 Å². The quantitative estimate of drug-likeness (QED) is 0.871. The van der Waals surface area contributed by atoms with Crippen LogP contribution in [0.2, 0.25) is 0 Å². The van der Waals surface area contributed by atoms with Crippen LogP contribution in [0.5, 0.6) is 0 Å². The van der Waals surface area contributed by atoms with Crippen LogP contribution in [-0.4, -0.2) is 10.1 Å². The van der Waals surface area contributed by atoms with Gasteiger partial charge < -0.3 is 5.11 Å². The summed E-state index contributed by atoms with van der Waals surface area (Å²) in [7, 11) is 0. The number of hydrogen-bond donors (Lipinski definition) is 1. The Bertz CT molecular complexity index is 509. The largest absolute Gasteiger partial charge is 0.383 e. The Labute approximate surface area is 97.4 Å². The predicted molar refractivity (Wildman–Crippen MR) is 62.0 cm³/mol. The molecule has 1 heterocycles. The number of aliphatic hydroxyl groups is 1. The molecule has 84 valence electrons. The zero-order chi connectivity index (χ0) is 11.7. The molecule has 0 bridgehead atoms. The summed E-state index contributed by atoms with van der Waals surface area (Å²) in [4.78, 5) is 4.88. The number of hydrogen-bond acceptors (Lipinski definition) is 3. The van der Waals surface area contributed by atoms with Crippen molar-refractivity contribution in [2.75, 3.05) is 0 Å². The van der Waals surface area contributed by atoms with Gasteiger partial charge in [-0.15, -0.1) is 11.3 Å². The van der Waals surface area contributed by atoms with Gasteiger partial charge in [0.1, 0.15) is 11.9 Å². The molecule has 0 fully saturated rings. The Morgan fingerprint density at radius 2 is 2.12 bits per heavy atom. The lowest BCUT2D eigenvalue weighted by atomic mass is 10.0. The second-order valence-electron chi connectivity index (χ2n) is 3.69. The summed E-state index contributed by atoms with van der Waals surface area (Å²) in [6.07, 6.45) is 0.944. The van der Waals surface area contributed by atoms with E-state index in [1.807, 2.05) is 6.92 Å². The Morgan fingerprint density at radius 1 is 1.38 bits per heavy atom. The van der Waals surface area contributed by atoms with E-state index < -0.39 is 6.10 Å². The number of aliphatic hydroxyl groups excluding tert-OH is 1. The number of aryl methyl sites for hydroxylation is 2. The fraction of sp³-hybridized carbons (Fsp3) is 0.250. The average Bonchev–Trinajstić information content (AvgIpc) is 2.64. The van der Waals surface area contributed by atoms with Crippen molar-refractivity contribution in [1.29, 1.82) is 0 Å². The lowest BCUT2D eigenvalue weighted by Gasteiger charge is -2.11. The zero-order valence-electron chi connectivity index (χ0n) is 9.07. The van der Waals surface area contributed by atoms with Gasteiger partial charge in [0.2, 0.25) is 0 Å². The maximum absolute atomic E-state index is 12.9. The zero-order valence-corrected chi connectivity index (χ0v) is 9.88. The van der Waals surface area contributed by atoms with Gasteiger partial charge in [0, 0.05) is 6.20 Å². The number of thiazole rings is 1. The normalized spacial score (nSPS) is 12.8. The third-order valence-electron chi connectivity index (χ3n) is 2.44. The van der Waals surface area contributed by atoms with Gasteiger partial charge in [0.15, 0.2) is 0 Å². The SMILES string of the molecule is Cc1ncc(C(O)c2ccc(F)cc2C)s1. The highest BCUT2D eigenvalue weighted by molar-refractivity contribution is 7.11. The van der Waals surface area contributed by atoms with Gasteiger partial charge >= 0.3 is 0 Å². The molecule has 0 aliphatic heterocycles. The van der Waals surface area contributed by atoms with Crippen LogP contribution < -0.4 is 0 Å². The summed E-state index contributed by atoms with van der Waals surface area (Å²) in [6.45, 7) is 3.67. The molecule has 1 unspecified atom stereocenters. The highest BCUT2D eigenvalue weighted by Gasteiger charge is 2.15. The Kier molecular flexibility index (Phi) is 3.03. The molecule has 0 radical (unpaired) electrons. The van der Waals surface area contributed by atoms with Gasteiger partial charge in [-0.3, -0.25) is 0 Å². The van der Waals surface area contributed by atoms with E-state index in [4.69, 9.17) is 0 Å². The van der Waals surface area contributed by atoms with Crippen molar-refractivity contribution in [3.05, 3.63) is 51.2 Å². The van der Waals surface area contributed by atoms with Gasteiger partial charge in [-0.05, 0) is 37.1 Å². The van der Waals surface area contributed by atoms with Gasteiger partial charge in [0.25, 0.3) is 0 Å². The van der Waals surface area contributed by atoms with Gasteiger partial charge in [-0.1, -0.05) is 6.07 Å². The molecule has 0 saturated heterocycles. The van der Waals surface area contributed by atoms with Crippen molar-refractivity contribution < 1.29 is 9.50 Å². The molecular weight excluding hydrogens is 225 g/mol. The van der Waals surface area contributed by atoms with E-state index in [2.05, 4.69) is 4.98 Å². The van der Waals surface area contributed by atoms with Crippen LogP contribution in [0.4, 0.5) is 4.39 Å². The summed E-state index contributed by atoms with van der Waals surface area (Å²) in [6, 6.07) is 4.40. The molecule has 1 aromatic heterocycles.